The van der Waals surface area contributed by atoms with Crippen molar-refractivity contribution in [2.24, 2.45) is 5.41 Å². The Labute approximate surface area is 84.8 Å². The van der Waals surface area contributed by atoms with Crippen molar-refractivity contribution in [3.05, 3.63) is 0 Å². The lowest BCUT2D eigenvalue weighted by Gasteiger charge is -2.37. The minimum Gasteiger partial charge on any atom is -0.381 e. The summed E-state index contributed by atoms with van der Waals surface area (Å²) in [6.07, 6.45) is 7.04. The molecule has 14 heavy (non-hydrogen) atoms. The number of aldehydes is 2. The SMILES string of the molecule is COC1CCC(CC=O)(CC=O)CC1. The van der Waals surface area contributed by atoms with E-state index in [2.05, 4.69) is 0 Å². The number of hydrogen-bond acceptors (Lipinski definition) is 3. The van der Waals surface area contributed by atoms with Crippen LogP contribution in [0.1, 0.15) is 38.5 Å². The Balaban J connectivity index is 2.53. The average molecular weight is 198 g/mol. The lowest BCUT2D eigenvalue weighted by molar-refractivity contribution is -0.114. The Morgan fingerprint density at radius 2 is 1.71 bits per heavy atom. The van der Waals surface area contributed by atoms with Crippen LogP contribution in [0.15, 0.2) is 0 Å². The normalized spacial score (nSPS) is 21.8. The summed E-state index contributed by atoms with van der Waals surface area (Å²) in [6, 6.07) is 0. The van der Waals surface area contributed by atoms with Gasteiger partial charge in [-0.2, -0.15) is 0 Å². The van der Waals surface area contributed by atoms with Gasteiger partial charge in [0.2, 0.25) is 0 Å². The molecule has 0 aromatic heterocycles. The molecule has 0 heterocycles. The Kier molecular flexibility index (Phi) is 4.26. The summed E-state index contributed by atoms with van der Waals surface area (Å²) >= 11 is 0. The van der Waals surface area contributed by atoms with Crippen molar-refractivity contribution in [2.75, 3.05) is 7.11 Å². The second-order valence-electron chi connectivity index (χ2n) is 4.18. The molecule has 0 aliphatic heterocycles. The maximum absolute atomic E-state index is 10.6. The van der Waals surface area contributed by atoms with Gasteiger partial charge in [-0.15, -0.1) is 0 Å². The topological polar surface area (TPSA) is 43.4 Å². The quantitative estimate of drug-likeness (QED) is 0.632. The molecule has 1 rings (SSSR count). The van der Waals surface area contributed by atoms with Crippen LogP contribution >= 0.6 is 0 Å². The molecular formula is C11H18O3. The summed E-state index contributed by atoms with van der Waals surface area (Å²) < 4.78 is 5.26. The summed E-state index contributed by atoms with van der Waals surface area (Å²) in [4.78, 5) is 21.1. The fraction of sp³-hybridized carbons (Fsp3) is 0.818. The van der Waals surface area contributed by atoms with E-state index >= 15 is 0 Å². The van der Waals surface area contributed by atoms with Crippen LogP contribution in [0, 0.1) is 5.41 Å². The molecule has 1 aliphatic carbocycles. The molecular weight excluding hydrogens is 180 g/mol. The first-order valence-electron chi connectivity index (χ1n) is 5.16. The van der Waals surface area contributed by atoms with E-state index in [4.69, 9.17) is 4.74 Å². The third-order valence-electron chi connectivity index (χ3n) is 3.36. The molecule has 80 valence electrons. The lowest BCUT2D eigenvalue weighted by atomic mass is 9.69. The summed E-state index contributed by atoms with van der Waals surface area (Å²) in [7, 11) is 1.72. The Morgan fingerprint density at radius 3 is 2.07 bits per heavy atom. The van der Waals surface area contributed by atoms with E-state index in [1.165, 1.54) is 0 Å². The van der Waals surface area contributed by atoms with Crippen molar-refractivity contribution in [1.82, 2.24) is 0 Å². The predicted octanol–water partition coefficient (Wildman–Crippen LogP) is 1.74. The van der Waals surface area contributed by atoms with E-state index in [9.17, 15) is 9.59 Å². The fourth-order valence-electron chi connectivity index (χ4n) is 2.28. The molecule has 0 aromatic rings. The first kappa shape index (κ1) is 11.4. The van der Waals surface area contributed by atoms with Gasteiger partial charge in [-0.05, 0) is 31.1 Å². The van der Waals surface area contributed by atoms with E-state index in [1.807, 2.05) is 0 Å². The van der Waals surface area contributed by atoms with Crippen LogP contribution in [0.3, 0.4) is 0 Å². The molecule has 0 N–H and O–H groups in total. The fourth-order valence-corrected chi connectivity index (χ4v) is 2.28. The molecule has 1 aliphatic rings. The molecule has 0 amide bonds. The summed E-state index contributed by atoms with van der Waals surface area (Å²) in [5.41, 5.74) is -0.0570. The second-order valence-corrected chi connectivity index (χ2v) is 4.18. The average Bonchev–Trinajstić information content (AvgIpc) is 2.20. The Bertz CT molecular complexity index is 181. The van der Waals surface area contributed by atoms with Crippen molar-refractivity contribution in [3.63, 3.8) is 0 Å². The van der Waals surface area contributed by atoms with Crippen LogP contribution in [-0.4, -0.2) is 25.8 Å². The molecule has 3 heteroatoms. The van der Waals surface area contributed by atoms with Crippen molar-refractivity contribution in [2.45, 2.75) is 44.6 Å². The standard InChI is InChI=1S/C11H18O3/c1-14-10-2-4-11(5-3-10,6-8-12)7-9-13/h8-10H,2-7H2,1H3. The van der Waals surface area contributed by atoms with Crippen molar-refractivity contribution < 1.29 is 14.3 Å². The van der Waals surface area contributed by atoms with Crippen molar-refractivity contribution in [1.29, 1.82) is 0 Å². The van der Waals surface area contributed by atoms with Crippen LogP contribution in [0.2, 0.25) is 0 Å². The van der Waals surface area contributed by atoms with Gasteiger partial charge >= 0.3 is 0 Å². The van der Waals surface area contributed by atoms with Gasteiger partial charge in [0.25, 0.3) is 0 Å². The minimum atomic E-state index is -0.0570. The van der Waals surface area contributed by atoms with Crippen LogP contribution < -0.4 is 0 Å². The summed E-state index contributed by atoms with van der Waals surface area (Å²) in [6.45, 7) is 0. The molecule has 0 spiro atoms. The van der Waals surface area contributed by atoms with Crippen LogP contribution in [-0.2, 0) is 14.3 Å². The molecule has 3 nitrogen and oxygen atoms in total. The first-order chi connectivity index (χ1) is 6.76. The molecule has 0 radical (unpaired) electrons. The number of carbonyl (C=O) groups is 2. The molecule has 0 saturated heterocycles. The molecule has 0 bridgehead atoms. The highest BCUT2D eigenvalue weighted by Gasteiger charge is 2.34. The highest BCUT2D eigenvalue weighted by atomic mass is 16.5. The zero-order chi connectivity index (χ0) is 10.4. The summed E-state index contributed by atoms with van der Waals surface area (Å²) in [5.74, 6) is 0. The number of rotatable bonds is 5. The van der Waals surface area contributed by atoms with Gasteiger partial charge in [0.05, 0.1) is 6.10 Å². The van der Waals surface area contributed by atoms with E-state index in [0.29, 0.717) is 18.9 Å². The monoisotopic (exact) mass is 198 g/mol. The molecule has 1 saturated carbocycles. The van der Waals surface area contributed by atoms with E-state index < -0.39 is 0 Å². The highest BCUT2D eigenvalue weighted by Crippen LogP contribution is 2.41. The largest absolute Gasteiger partial charge is 0.381 e. The van der Waals surface area contributed by atoms with Crippen molar-refractivity contribution >= 4 is 12.6 Å². The van der Waals surface area contributed by atoms with Gasteiger partial charge in [-0.25, -0.2) is 0 Å². The number of carbonyl (C=O) groups excluding carboxylic acids is 2. The van der Waals surface area contributed by atoms with E-state index in [1.54, 1.807) is 7.11 Å². The third-order valence-corrected chi connectivity index (χ3v) is 3.36. The van der Waals surface area contributed by atoms with Gasteiger partial charge in [0, 0.05) is 20.0 Å². The third kappa shape index (κ3) is 2.64. The van der Waals surface area contributed by atoms with Crippen LogP contribution in [0.4, 0.5) is 0 Å². The van der Waals surface area contributed by atoms with Crippen molar-refractivity contribution in [3.8, 4) is 0 Å². The van der Waals surface area contributed by atoms with E-state index in [-0.39, 0.29) is 5.41 Å². The van der Waals surface area contributed by atoms with Gasteiger partial charge in [0.1, 0.15) is 12.6 Å². The lowest BCUT2D eigenvalue weighted by Crippen LogP contribution is -2.31. The molecule has 0 aromatic carbocycles. The van der Waals surface area contributed by atoms with E-state index in [0.717, 1.165) is 38.3 Å². The maximum atomic E-state index is 10.6. The molecule has 1 fully saturated rings. The highest BCUT2D eigenvalue weighted by molar-refractivity contribution is 5.56. The Hall–Kier alpha value is -0.700. The first-order valence-corrected chi connectivity index (χ1v) is 5.16. The van der Waals surface area contributed by atoms with Gasteiger partial charge < -0.3 is 14.3 Å². The van der Waals surface area contributed by atoms with Gasteiger partial charge in [0.15, 0.2) is 0 Å². The Morgan fingerprint density at radius 1 is 1.21 bits per heavy atom. The zero-order valence-corrected chi connectivity index (χ0v) is 8.70. The maximum Gasteiger partial charge on any atom is 0.120 e. The molecule has 0 atom stereocenters. The van der Waals surface area contributed by atoms with Gasteiger partial charge in [-0.1, -0.05) is 0 Å². The predicted molar refractivity (Wildman–Crippen MR) is 53.1 cm³/mol. The van der Waals surface area contributed by atoms with Gasteiger partial charge in [-0.3, -0.25) is 0 Å². The minimum absolute atomic E-state index is 0.0570. The second kappa shape index (κ2) is 5.25. The van der Waals surface area contributed by atoms with Crippen LogP contribution in [0.25, 0.3) is 0 Å². The number of methoxy groups -OCH3 is 1. The zero-order valence-electron chi connectivity index (χ0n) is 8.70. The number of hydrogen-bond donors (Lipinski definition) is 0. The number of ether oxygens (including phenoxy) is 1. The molecule has 0 unspecified atom stereocenters. The summed E-state index contributed by atoms with van der Waals surface area (Å²) in [5, 5.41) is 0. The smallest absolute Gasteiger partial charge is 0.120 e. The van der Waals surface area contributed by atoms with Crippen LogP contribution in [0.5, 0.6) is 0 Å².